The van der Waals surface area contributed by atoms with Crippen molar-refractivity contribution in [2.24, 2.45) is 0 Å². The average molecular weight is 137 g/mol. The van der Waals surface area contributed by atoms with E-state index in [1.807, 2.05) is 0 Å². The van der Waals surface area contributed by atoms with Gasteiger partial charge in [0.05, 0.1) is 0 Å². The normalized spacial score (nSPS) is 10.9. The Bertz CT molecular complexity index is 56.1. The number of aliphatic hydroxyl groups excluding tert-OH is 2. The number of aliphatic hydroxyl groups is 4. The fourth-order valence-electron chi connectivity index (χ4n) is 0.131. The molecule has 0 saturated carbocycles. The third-order valence-electron chi connectivity index (χ3n) is 0.355. The van der Waals surface area contributed by atoms with Crippen LogP contribution in [-0.2, 0) is 9.31 Å². The maximum absolute atomic E-state index is 7.92. The van der Waals surface area contributed by atoms with Crippen LogP contribution in [0.1, 0.15) is 0 Å². The molecule has 0 bridgehead atoms. The summed E-state index contributed by atoms with van der Waals surface area (Å²) in [6.07, 6.45) is 0. The predicted molar refractivity (Wildman–Crippen MR) is 24.4 cm³/mol. The van der Waals surface area contributed by atoms with Crippen LogP contribution in [0.15, 0.2) is 0 Å². The molecule has 0 aliphatic rings. The predicted octanol–water partition coefficient (Wildman–Crippen LogP) is -2.91. The summed E-state index contributed by atoms with van der Waals surface area (Å²) < 4.78 is 7.59. The van der Waals surface area contributed by atoms with Gasteiger partial charge in [-0.1, -0.05) is 0 Å². The highest BCUT2D eigenvalue weighted by molar-refractivity contribution is 6.17. The number of hydrogen-bond acceptors (Lipinski definition) is 6. The van der Waals surface area contributed by atoms with Crippen LogP contribution in [0.3, 0.4) is 0 Å². The van der Waals surface area contributed by atoms with E-state index in [2.05, 4.69) is 9.31 Å². The molecule has 0 aromatic heterocycles. The van der Waals surface area contributed by atoms with Gasteiger partial charge in [0, 0.05) is 0 Å². The summed E-state index contributed by atoms with van der Waals surface area (Å²) in [7, 11) is 0.398. The van der Waals surface area contributed by atoms with Gasteiger partial charge in [0.2, 0.25) is 0 Å². The molecule has 0 aromatic carbocycles. The first kappa shape index (κ1) is 8.82. The van der Waals surface area contributed by atoms with Gasteiger partial charge in [0.15, 0.2) is 0 Å². The molecule has 0 amide bonds. The van der Waals surface area contributed by atoms with Crippen LogP contribution in [0.25, 0.3) is 0 Å². The van der Waals surface area contributed by atoms with Crippen LogP contribution in [-0.4, -0.2) is 41.1 Å². The Morgan fingerprint density at radius 2 is 1.22 bits per heavy atom. The van der Waals surface area contributed by atoms with E-state index in [-0.39, 0.29) is 0 Å². The van der Waals surface area contributed by atoms with E-state index in [9.17, 15) is 0 Å². The Morgan fingerprint density at radius 1 is 0.889 bits per heavy atom. The van der Waals surface area contributed by atoms with Gasteiger partial charge < -0.3 is 29.7 Å². The van der Waals surface area contributed by atoms with Gasteiger partial charge in [-0.05, 0) is 0 Å². The molecule has 4 N–H and O–H groups in total. The minimum absolute atomic E-state index is 0.398. The molecule has 0 aliphatic heterocycles. The van der Waals surface area contributed by atoms with Crippen molar-refractivity contribution in [3.8, 4) is 0 Å². The Morgan fingerprint density at radius 3 is 1.44 bits per heavy atom. The molecule has 0 fully saturated rings. The van der Waals surface area contributed by atoms with E-state index < -0.39 is 13.0 Å². The molecule has 9 heavy (non-hydrogen) atoms. The molecule has 0 spiro atoms. The van der Waals surface area contributed by atoms with Gasteiger partial charge in [0.25, 0.3) is 13.0 Å². The highest BCUT2D eigenvalue weighted by atomic mass is 16.8. The van der Waals surface area contributed by atoms with Crippen LogP contribution in [0, 0.1) is 0 Å². The largest absolute Gasteiger partial charge is 0.495 e. The van der Waals surface area contributed by atoms with Crippen molar-refractivity contribution in [2.45, 2.75) is 13.0 Å². The Balaban J connectivity index is 2.91. The topological polar surface area (TPSA) is 99.4 Å². The van der Waals surface area contributed by atoms with Crippen molar-refractivity contribution < 1.29 is 29.7 Å². The van der Waals surface area contributed by atoms with Crippen LogP contribution in [0.4, 0.5) is 0 Å². The van der Waals surface area contributed by atoms with Gasteiger partial charge in [-0.2, -0.15) is 0 Å². The zero-order chi connectivity index (χ0) is 7.28. The van der Waals surface area contributed by atoms with Crippen LogP contribution >= 0.6 is 0 Å². The lowest BCUT2D eigenvalue weighted by Crippen LogP contribution is -2.21. The van der Waals surface area contributed by atoms with E-state index in [1.54, 1.807) is 0 Å². The van der Waals surface area contributed by atoms with E-state index in [1.165, 1.54) is 0 Å². The Hall–Kier alpha value is -0.175. The fraction of sp³-hybridized carbons (Fsp3) is 1.00. The second-order valence-corrected chi connectivity index (χ2v) is 1.02. The van der Waals surface area contributed by atoms with Gasteiger partial charge >= 0.3 is 7.69 Å². The first-order valence-corrected chi connectivity index (χ1v) is 1.98. The Kier molecular flexibility index (Phi) is 4.59. The molecule has 6 nitrogen and oxygen atoms in total. The highest BCUT2D eigenvalue weighted by Crippen LogP contribution is 1.81. The molecule has 0 saturated heterocycles. The lowest BCUT2D eigenvalue weighted by atomic mass is 10.4. The van der Waals surface area contributed by atoms with Crippen molar-refractivity contribution in [1.29, 1.82) is 0 Å². The molecule has 0 atom stereocenters. The standard InChI is InChI=1S/C2H6BO6/c4-1(5)8-3-9-2(6)7/h1-2,4-7H. The summed E-state index contributed by atoms with van der Waals surface area (Å²) in [5.41, 5.74) is 0. The van der Waals surface area contributed by atoms with Crippen molar-refractivity contribution in [3.63, 3.8) is 0 Å². The van der Waals surface area contributed by atoms with Gasteiger partial charge in [-0.25, -0.2) is 0 Å². The van der Waals surface area contributed by atoms with Crippen molar-refractivity contribution >= 4 is 7.69 Å². The third kappa shape index (κ3) is 7.82. The van der Waals surface area contributed by atoms with Crippen molar-refractivity contribution in [2.75, 3.05) is 0 Å². The van der Waals surface area contributed by atoms with Crippen molar-refractivity contribution in [1.82, 2.24) is 0 Å². The molecular formula is C2H6BO6. The molecule has 0 aliphatic carbocycles. The molecule has 1 radical (unpaired) electrons. The van der Waals surface area contributed by atoms with Gasteiger partial charge in [0.1, 0.15) is 0 Å². The molecular weight excluding hydrogens is 131 g/mol. The van der Waals surface area contributed by atoms with Crippen LogP contribution in [0.5, 0.6) is 0 Å². The monoisotopic (exact) mass is 137 g/mol. The zero-order valence-corrected chi connectivity index (χ0v) is 4.34. The quantitative estimate of drug-likeness (QED) is 0.245. The van der Waals surface area contributed by atoms with Gasteiger partial charge in [-0.15, -0.1) is 0 Å². The minimum atomic E-state index is -2.01. The summed E-state index contributed by atoms with van der Waals surface area (Å²) in [4.78, 5) is 0. The summed E-state index contributed by atoms with van der Waals surface area (Å²) in [6, 6.07) is 0. The lowest BCUT2D eigenvalue weighted by Gasteiger charge is -2.04. The maximum Gasteiger partial charge on any atom is 0.495 e. The maximum atomic E-state index is 7.92. The van der Waals surface area contributed by atoms with Crippen LogP contribution < -0.4 is 0 Å². The molecule has 0 heterocycles. The zero-order valence-electron chi connectivity index (χ0n) is 4.34. The number of rotatable bonds is 4. The fourth-order valence-corrected chi connectivity index (χ4v) is 0.131. The molecule has 0 unspecified atom stereocenters. The highest BCUT2D eigenvalue weighted by Gasteiger charge is 2.03. The number of hydrogen-bond donors (Lipinski definition) is 4. The van der Waals surface area contributed by atoms with Gasteiger partial charge in [-0.3, -0.25) is 0 Å². The summed E-state index contributed by atoms with van der Waals surface area (Å²) in [5.74, 6) is 0. The van der Waals surface area contributed by atoms with E-state index >= 15 is 0 Å². The molecule has 53 valence electrons. The molecule has 7 heteroatoms. The minimum Gasteiger partial charge on any atom is -0.365 e. The summed E-state index contributed by atoms with van der Waals surface area (Å²) in [6.45, 7) is -4.02. The Labute approximate surface area is 51.6 Å². The van der Waals surface area contributed by atoms with Crippen molar-refractivity contribution in [3.05, 3.63) is 0 Å². The van der Waals surface area contributed by atoms with Crippen LogP contribution in [0.2, 0.25) is 0 Å². The first-order chi connectivity index (χ1) is 4.13. The summed E-state index contributed by atoms with van der Waals surface area (Å²) in [5, 5.41) is 31.7. The summed E-state index contributed by atoms with van der Waals surface area (Å²) >= 11 is 0. The van der Waals surface area contributed by atoms with E-state index in [0.717, 1.165) is 0 Å². The molecule has 0 aromatic rings. The second kappa shape index (κ2) is 4.68. The average Bonchev–Trinajstić information content (AvgIpc) is 1.63. The first-order valence-electron chi connectivity index (χ1n) is 1.98. The molecule has 0 rings (SSSR count). The third-order valence-corrected chi connectivity index (χ3v) is 0.355. The van der Waals surface area contributed by atoms with E-state index in [4.69, 9.17) is 20.4 Å². The van der Waals surface area contributed by atoms with E-state index in [0.29, 0.717) is 7.69 Å². The smallest absolute Gasteiger partial charge is 0.365 e. The SMILES string of the molecule is OC(O)O[B]OC(O)O. The lowest BCUT2D eigenvalue weighted by molar-refractivity contribution is -0.217. The second-order valence-electron chi connectivity index (χ2n) is 1.02.